The van der Waals surface area contributed by atoms with Crippen molar-refractivity contribution in [2.45, 2.75) is 38.1 Å². The van der Waals surface area contributed by atoms with Crippen molar-refractivity contribution in [3.8, 4) is 5.75 Å². The van der Waals surface area contributed by atoms with E-state index >= 15 is 0 Å². The van der Waals surface area contributed by atoms with E-state index in [1.165, 1.54) is 26.9 Å². The third-order valence-corrected chi connectivity index (χ3v) is 7.77. The summed E-state index contributed by atoms with van der Waals surface area (Å²) >= 11 is 1.82. The van der Waals surface area contributed by atoms with Crippen molar-refractivity contribution in [1.29, 1.82) is 0 Å². The largest absolute Gasteiger partial charge is 0.497 e. The second-order valence-corrected chi connectivity index (χ2v) is 9.46. The minimum atomic E-state index is 0.303. The Balaban J connectivity index is 1.14. The Labute approximate surface area is 181 Å². The number of amides is 1. The van der Waals surface area contributed by atoms with Crippen LogP contribution >= 0.6 is 11.3 Å². The van der Waals surface area contributed by atoms with Crippen LogP contribution < -0.4 is 4.74 Å². The third-order valence-electron chi connectivity index (χ3n) is 6.75. The zero-order chi connectivity index (χ0) is 20.5. The lowest BCUT2D eigenvalue weighted by atomic mass is 9.89. The molecular weight excluding hydrogens is 394 g/mol. The molecule has 0 atom stereocenters. The Morgan fingerprint density at radius 2 is 2.10 bits per heavy atom. The fourth-order valence-electron chi connectivity index (χ4n) is 4.93. The molecule has 4 heterocycles. The summed E-state index contributed by atoms with van der Waals surface area (Å²) in [4.78, 5) is 22.1. The molecule has 5 rings (SSSR count). The molecule has 6 heteroatoms. The lowest BCUT2D eigenvalue weighted by Gasteiger charge is -2.33. The average Bonchev–Trinajstić information content (AvgIpc) is 3.43. The summed E-state index contributed by atoms with van der Waals surface area (Å²) in [5.41, 5.74) is 3.92. The number of rotatable bonds is 5. The van der Waals surface area contributed by atoms with Crippen molar-refractivity contribution in [1.82, 2.24) is 14.8 Å². The molecule has 0 aliphatic carbocycles. The molecule has 1 fully saturated rings. The summed E-state index contributed by atoms with van der Waals surface area (Å²) < 4.78 is 5.41. The van der Waals surface area contributed by atoms with Gasteiger partial charge in [0.05, 0.1) is 7.11 Å². The summed E-state index contributed by atoms with van der Waals surface area (Å²) in [7, 11) is 1.72. The molecule has 2 aliphatic rings. The molecule has 2 aromatic heterocycles. The maximum absolute atomic E-state index is 12.7. The van der Waals surface area contributed by atoms with E-state index in [0.717, 1.165) is 57.7 Å². The monoisotopic (exact) mass is 423 g/mol. The van der Waals surface area contributed by atoms with Gasteiger partial charge in [0, 0.05) is 48.0 Å². The first-order valence-corrected chi connectivity index (χ1v) is 11.8. The fraction of sp³-hybridized carbons (Fsp3) is 0.458. The highest BCUT2D eigenvalue weighted by Crippen LogP contribution is 2.34. The molecule has 1 saturated heterocycles. The normalized spacial score (nSPS) is 18.0. The van der Waals surface area contributed by atoms with Gasteiger partial charge in [-0.15, -0.1) is 11.3 Å². The topological polar surface area (TPSA) is 48.6 Å². The fourth-order valence-corrected chi connectivity index (χ4v) is 5.82. The number of fused-ring (bicyclic) bond motifs is 2. The molecule has 0 bridgehead atoms. The summed E-state index contributed by atoms with van der Waals surface area (Å²) in [6, 6.07) is 8.41. The second kappa shape index (κ2) is 8.44. The lowest BCUT2D eigenvalue weighted by molar-refractivity contribution is -0.132. The number of hydrogen-bond acceptors (Lipinski definition) is 4. The van der Waals surface area contributed by atoms with Gasteiger partial charge in [-0.2, -0.15) is 0 Å². The minimum Gasteiger partial charge on any atom is -0.497 e. The summed E-state index contributed by atoms with van der Waals surface area (Å²) in [5.74, 6) is 1.78. The molecule has 30 heavy (non-hydrogen) atoms. The SMILES string of the molecule is COc1ccc2[nH]cc(C3CCN(CCC(=O)N4CCc5sccc5C4)CC3)c2c1. The van der Waals surface area contributed by atoms with Crippen molar-refractivity contribution in [2.75, 3.05) is 33.3 Å². The molecule has 1 aromatic carbocycles. The molecule has 1 N–H and O–H groups in total. The van der Waals surface area contributed by atoms with Crippen LogP contribution in [0.4, 0.5) is 0 Å². The minimum absolute atomic E-state index is 0.303. The van der Waals surface area contributed by atoms with Gasteiger partial charge in [-0.25, -0.2) is 0 Å². The maximum atomic E-state index is 12.7. The number of nitrogens with one attached hydrogen (secondary N) is 1. The van der Waals surface area contributed by atoms with Crippen molar-refractivity contribution < 1.29 is 9.53 Å². The van der Waals surface area contributed by atoms with E-state index in [1.807, 2.05) is 22.3 Å². The highest BCUT2D eigenvalue weighted by atomic mass is 32.1. The van der Waals surface area contributed by atoms with E-state index in [1.54, 1.807) is 7.11 Å². The number of methoxy groups -OCH3 is 1. The van der Waals surface area contributed by atoms with Crippen LogP contribution in [0, 0.1) is 0 Å². The first-order valence-electron chi connectivity index (χ1n) is 10.9. The number of nitrogens with zero attached hydrogens (tertiary/aromatic N) is 2. The number of carbonyl (C=O) groups excluding carboxylic acids is 1. The molecular formula is C24H29N3O2S. The number of benzene rings is 1. The second-order valence-electron chi connectivity index (χ2n) is 8.46. The number of likely N-dealkylation sites (tertiary alicyclic amines) is 1. The number of H-pyrrole nitrogens is 1. The van der Waals surface area contributed by atoms with E-state index < -0.39 is 0 Å². The van der Waals surface area contributed by atoms with Gasteiger partial charge in [0.25, 0.3) is 0 Å². The smallest absolute Gasteiger partial charge is 0.224 e. The zero-order valence-corrected chi connectivity index (χ0v) is 18.3. The zero-order valence-electron chi connectivity index (χ0n) is 17.5. The van der Waals surface area contributed by atoms with Crippen LogP contribution in [0.1, 0.15) is 41.2 Å². The molecule has 0 unspecified atom stereocenters. The Morgan fingerprint density at radius 1 is 1.23 bits per heavy atom. The van der Waals surface area contributed by atoms with Gasteiger partial charge in [-0.1, -0.05) is 0 Å². The van der Waals surface area contributed by atoms with Gasteiger partial charge in [-0.3, -0.25) is 4.79 Å². The first kappa shape index (κ1) is 19.6. The average molecular weight is 424 g/mol. The van der Waals surface area contributed by atoms with Gasteiger partial charge < -0.3 is 19.5 Å². The van der Waals surface area contributed by atoms with E-state index in [4.69, 9.17) is 4.74 Å². The highest BCUT2D eigenvalue weighted by Gasteiger charge is 2.25. The maximum Gasteiger partial charge on any atom is 0.224 e. The predicted molar refractivity (Wildman–Crippen MR) is 121 cm³/mol. The van der Waals surface area contributed by atoms with E-state index in [2.05, 4.69) is 39.7 Å². The van der Waals surface area contributed by atoms with Crippen LogP contribution in [-0.2, 0) is 17.8 Å². The van der Waals surface area contributed by atoms with Crippen LogP contribution in [-0.4, -0.2) is 54.0 Å². The van der Waals surface area contributed by atoms with Gasteiger partial charge in [0.1, 0.15) is 5.75 Å². The number of aromatic amines is 1. The highest BCUT2D eigenvalue weighted by molar-refractivity contribution is 7.10. The van der Waals surface area contributed by atoms with Crippen molar-refractivity contribution >= 4 is 28.1 Å². The van der Waals surface area contributed by atoms with E-state index in [0.29, 0.717) is 18.2 Å². The number of aromatic nitrogens is 1. The Bertz CT molecular complexity index is 1030. The number of ether oxygens (including phenoxy) is 1. The summed E-state index contributed by atoms with van der Waals surface area (Å²) in [5, 5.41) is 3.42. The quantitative estimate of drug-likeness (QED) is 0.662. The van der Waals surface area contributed by atoms with Crippen LogP contribution in [0.2, 0.25) is 0 Å². The number of piperidine rings is 1. The van der Waals surface area contributed by atoms with Crippen LogP contribution in [0.3, 0.4) is 0 Å². The molecule has 3 aromatic rings. The van der Waals surface area contributed by atoms with Crippen molar-refractivity contribution in [3.63, 3.8) is 0 Å². The Kier molecular flexibility index (Phi) is 5.52. The van der Waals surface area contributed by atoms with Crippen LogP contribution in [0.5, 0.6) is 5.75 Å². The Hall–Kier alpha value is -2.31. The van der Waals surface area contributed by atoms with Crippen LogP contribution in [0.25, 0.3) is 10.9 Å². The molecule has 1 amide bonds. The van der Waals surface area contributed by atoms with Gasteiger partial charge >= 0.3 is 0 Å². The molecule has 0 saturated carbocycles. The van der Waals surface area contributed by atoms with Crippen molar-refractivity contribution in [2.24, 2.45) is 0 Å². The van der Waals surface area contributed by atoms with E-state index in [-0.39, 0.29) is 0 Å². The summed E-state index contributed by atoms with van der Waals surface area (Å²) in [6.07, 6.45) is 6.09. The Morgan fingerprint density at radius 3 is 2.93 bits per heavy atom. The summed E-state index contributed by atoms with van der Waals surface area (Å²) in [6.45, 7) is 4.66. The molecule has 5 nitrogen and oxygen atoms in total. The number of hydrogen-bond donors (Lipinski definition) is 1. The van der Waals surface area contributed by atoms with Gasteiger partial charge in [0.2, 0.25) is 5.91 Å². The van der Waals surface area contributed by atoms with Gasteiger partial charge in [0.15, 0.2) is 0 Å². The van der Waals surface area contributed by atoms with Crippen molar-refractivity contribution in [3.05, 3.63) is 51.8 Å². The first-order chi connectivity index (χ1) is 14.7. The van der Waals surface area contributed by atoms with E-state index in [9.17, 15) is 4.79 Å². The van der Waals surface area contributed by atoms with Gasteiger partial charge in [-0.05, 0) is 79.0 Å². The molecule has 0 radical (unpaired) electrons. The number of thiophene rings is 1. The van der Waals surface area contributed by atoms with Crippen LogP contribution in [0.15, 0.2) is 35.8 Å². The molecule has 0 spiro atoms. The lowest BCUT2D eigenvalue weighted by Crippen LogP contribution is -2.39. The predicted octanol–water partition coefficient (Wildman–Crippen LogP) is 4.39. The standard InChI is InChI=1S/C24H29N3O2S/c1-29-19-2-3-22-20(14-19)21(15-25-22)17-4-9-26(10-5-17)11-7-24(28)27-12-6-23-18(16-27)8-13-30-23/h2-3,8,13-15,17,25H,4-7,9-12,16H2,1H3. The third kappa shape index (κ3) is 3.86. The molecule has 2 aliphatic heterocycles. The number of carbonyl (C=O) groups is 1. The molecule has 158 valence electrons.